The molecule has 0 unspecified atom stereocenters. The van der Waals surface area contributed by atoms with E-state index in [1.165, 1.54) is 11.8 Å². The second kappa shape index (κ2) is 9.43. The molecule has 0 aliphatic carbocycles. The molecule has 1 amide bonds. The van der Waals surface area contributed by atoms with Gasteiger partial charge in [0.2, 0.25) is 11.7 Å². The van der Waals surface area contributed by atoms with Gasteiger partial charge in [0.1, 0.15) is 5.76 Å². The minimum Gasteiger partial charge on any atom is -0.493 e. The first-order valence-corrected chi connectivity index (χ1v) is 10.3. The fourth-order valence-electron chi connectivity index (χ4n) is 2.93. The zero-order chi connectivity index (χ0) is 21.6. The van der Waals surface area contributed by atoms with Crippen molar-refractivity contribution in [1.82, 2.24) is 14.8 Å². The quantitative estimate of drug-likeness (QED) is 0.391. The number of benzene rings is 1. The van der Waals surface area contributed by atoms with E-state index in [9.17, 15) is 4.79 Å². The summed E-state index contributed by atoms with van der Waals surface area (Å²) >= 11 is 1.27. The molecule has 0 bridgehead atoms. The van der Waals surface area contributed by atoms with Gasteiger partial charge in [-0.3, -0.25) is 9.36 Å². The number of amides is 1. The highest BCUT2D eigenvalue weighted by Gasteiger charge is 2.19. The molecule has 3 heterocycles. The van der Waals surface area contributed by atoms with Gasteiger partial charge in [0.05, 0.1) is 39.0 Å². The van der Waals surface area contributed by atoms with E-state index in [0.717, 1.165) is 5.76 Å². The summed E-state index contributed by atoms with van der Waals surface area (Å²) in [5.74, 6) is 2.96. The zero-order valence-corrected chi connectivity index (χ0v) is 17.7. The Morgan fingerprint density at radius 2 is 1.87 bits per heavy atom. The number of hydrogen-bond donors (Lipinski definition) is 1. The summed E-state index contributed by atoms with van der Waals surface area (Å²) in [5, 5.41) is 11.9. The lowest BCUT2D eigenvalue weighted by Gasteiger charge is -2.11. The summed E-state index contributed by atoms with van der Waals surface area (Å²) < 4.78 is 23.3. The number of nitrogens with one attached hydrogen (secondary N) is 1. The van der Waals surface area contributed by atoms with Crippen molar-refractivity contribution in [3.05, 3.63) is 60.8 Å². The van der Waals surface area contributed by atoms with Crippen LogP contribution in [0.5, 0.6) is 11.5 Å². The SMILES string of the molecule is COc1ccc(NC(=O)CSc2nnc(-c3ccco3)n2Cc2ccco2)cc1OC. The van der Waals surface area contributed by atoms with Gasteiger partial charge in [-0.15, -0.1) is 10.2 Å². The maximum absolute atomic E-state index is 12.5. The van der Waals surface area contributed by atoms with E-state index in [0.29, 0.717) is 40.5 Å². The van der Waals surface area contributed by atoms with E-state index in [1.807, 2.05) is 16.7 Å². The number of thioether (sulfide) groups is 1. The van der Waals surface area contributed by atoms with Crippen LogP contribution in [0.1, 0.15) is 5.76 Å². The number of hydrogen-bond acceptors (Lipinski definition) is 8. The van der Waals surface area contributed by atoms with Crippen LogP contribution in [0.15, 0.2) is 69.0 Å². The van der Waals surface area contributed by atoms with Crippen LogP contribution in [0.2, 0.25) is 0 Å². The number of anilines is 1. The standard InChI is InChI=1S/C21H20N4O5S/c1-27-16-8-7-14(11-18(16)28-2)22-19(26)13-31-21-24-23-20(17-6-4-10-30-17)25(21)12-15-5-3-9-29-15/h3-11H,12-13H2,1-2H3,(H,22,26). The molecule has 0 radical (unpaired) electrons. The maximum atomic E-state index is 12.5. The summed E-state index contributed by atoms with van der Waals surface area (Å²) in [6.45, 7) is 0.412. The molecular formula is C21H20N4O5S. The number of nitrogens with zero attached hydrogens (tertiary/aromatic N) is 3. The molecule has 0 saturated heterocycles. The van der Waals surface area contributed by atoms with Crippen LogP contribution in [0.25, 0.3) is 11.6 Å². The van der Waals surface area contributed by atoms with Crippen molar-refractivity contribution in [2.24, 2.45) is 0 Å². The van der Waals surface area contributed by atoms with Crippen LogP contribution in [0.4, 0.5) is 5.69 Å². The van der Waals surface area contributed by atoms with Gasteiger partial charge in [0.15, 0.2) is 22.4 Å². The van der Waals surface area contributed by atoms with Crippen LogP contribution in [0.3, 0.4) is 0 Å². The van der Waals surface area contributed by atoms with Gasteiger partial charge in [0.25, 0.3) is 0 Å². The molecule has 0 aliphatic rings. The van der Waals surface area contributed by atoms with Crippen molar-refractivity contribution < 1.29 is 23.1 Å². The Labute approximate surface area is 182 Å². The van der Waals surface area contributed by atoms with E-state index >= 15 is 0 Å². The monoisotopic (exact) mass is 440 g/mol. The van der Waals surface area contributed by atoms with Crippen molar-refractivity contribution in [3.63, 3.8) is 0 Å². The van der Waals surface area contributed by atoms with Gasteiger partial charge in [-0.25, -0.2) is 0 Å². The third-order valence-corrected chi connectivity index (χ3v) is 5.32. The first-order chi connectivity index (χ1) is 15.2. The zero-order valence-electron chi connectivity index (χ0n) is 16.9. The van der Waals surface area contributed by atoms with Crippen LogP contribution in [-0.4, -0.2) is 40.6 Å². The molecule has 4 rings (SSSR count). The van der Waals surface area contributed by atoms with E-state index in [-0.39, 0.29) is 11.7 Å². The Kier molecular flexibility index (Phi) is 6.27. The Morgan fingerprint density at radius 1 is 1.06 bits per heavy atom. The Balaban J connectivity index is 1.47. The van der Waals surface area contributed by atoms with Crippen molar-refractivity contribution in [3.8, 4) is 23.1 Å². The normalized spacial score (nSPS) is 10.8. The predicted octanol–water partition coefficient (Wildman–Crippen LogP) is 3.93. The minimum absolute atomic E-state index is 0.142. The Morgan fingerprint density at radius 3 is 2.58 bits per heavy atom. The number of carbonyl (C=O) groups excluding carboxylic acids is 1. The third kappa shape index (κ3) is 4.75. The number of carbonyl (C=O) groups is 1. The van der Waals surface area contributed by atoms with Crippen molar-refractivity contribution >= 4 is 23.4 Å². The topological polar surface area (TPSA) is 105 Å². The van der Waals surface area contributed by atoms with E-state index in [2.05, 4.69) is 15.5 Å². The van der Waals surface area contributed by atoms with Crippen LogP contribution >= 0.6 is 11.8 Å². The van der Waals surface area contributed by atoms with Crippen LogP contribution < -0.4 is 14.8 Å². The molecule has 1 aromatic carbocycles. The lowest BCUT2D eigenvalue weighted by Crippen LogP contribution is -2.15. The number of methoxy groups -OCH3 is 2. The van der Waals surface area contributed by atoms with Gasteiger partial charge in [-0.05, 0) is 36.4 Å². The van der Waals surface area contributed by atoms with Gasteiger partial charge in [-0.1, -0.05) is 11.8 Å². The van der Waals surface area contributed by atoms with Gasteiger partial charge < -0.3 is 23.6 Å². The highest BCUT2D eigenvalue weighted by atomic mass is 32.2. The number of furan rings is 2. The number of aromatic nitrogens is 3. The average molecular weight is 440 g/mol. The molecule has 9 nitrogen and oxygen atoms in total. The summed E-state index contributed by atoms with van der Waals surface area (Å²) in [6.07, 6.45) is 3.18. The Bertz CT molecular complexity index is 1140. The molecule has 160 valence electrons. The first-order valence-electron chi connectivity index (χ1n) is 9.32. The van der Waals surface area contributed by atoms with E-state index < -0.39 is 0 Å². The summed E-state index contributed by atoms with van der Waals surface area (Å²) in [6, 6.07) is 12.5. The second-order valence-corrected chi connectivity index (χ2v) is 7.30. The molecule has 0 fully saturated rings. The summed E-state index contributed by atoms with van der Waals surface area (Å²) in [5.41, 5.74) is 0.608. The van der Waals surface area contributed by atoms with Crippen LogP contribution in [0, 0.1) is 0 Å². The fraction of sp³-hybridized carbons (Fsp3) is 0.190. The largest absolute Gasteiger partial charge is 0.493 e. The smallest absolute Gasteiger partial charge is 0.234 e. The average Bonchev–Trinajstić information content (AvgIpc) is 3.55. The Hall–Kier alpha value is -3.66. The second-order valence-electron chi connectivity index (χ2n) is 6.36. The molecular weight excluding hydrogens is 420 g/mol. The molecule has 4 aromatic rings. The number of rotatable bonds is 9. The van der Waals surface area contributed by atoms with Crippen LogP contribution in [-0.2, 0) is 11.3 Å². The third-order valence-electron chi connectivity index (χ3n) is 4.35. The molecule has 0 spiro atoms. The highest BCUT2D eigenvalue weighted by molar-refractivity contribution is 7.99. The van der Waals surface area contributed by atoms with Gasteiger partial charge in [-0.2, -0.15) is 0 Å². The first kappa shape index (κ1) is 20.6. The lowest BCUT2D eigenvalue weighted by atomic mass is 10.2. The van der Waals surface area contributed by atoms with Crippen molar-refractivity contribution in [2.75, 3.05) is 25.3 Å². The lowest BCUT2D eigenvalue weighted by molar-refractivity contribution is -0.113. The van der Waals surface area contributed by atoms with Crippen molar-refractivity contribution in [1.29, 1.82) is 0 Å². The summed E-state index contributed by atoms with van der Waals surface area (Å²) in [7, 11) is 3.10. The van der Waals surface area contributed by atoms with E-state index in [4.69, 9.17) is 18.3 Å². The van der Waals surface area contributed by atoms with Crippen molar-refractivity contribution in [2.45, 2.75) is 11.7 Å². The maximum Gasteiger partial charge on any atom is 0.234 e. The molecule has 0 aliphatic heterocycles. The fourth-order valence-corrected chi connectivity index (χ4v) is 3.66. The van der Waals surface area contributed by atoms with Gasteiger partial charge in [0, 0.05) is 11.8 Å². The molecule has 0 atom stereocenters. The molecule has 1 N–H and O–H groups in total. The molecule has 0 saturated carbocycles. The molecule has 31 heavy (non-hydrogen) atoms. The minimum atomic E-state index is -0.190. The van der Waals surface area contributed by atoms with Gasteiger partial charge >= 0.3 is 0 Å². The highest BCUT2D eigenvalue weighted by Crippen LogP contribution is 2.30. The number of ether oxygens (including phenoxy) is 2. The molecule has 10 heteroatoms. The predicted molar refractivity (Wildman–Crippen MR) is 114 cm³/mol. The summed E-state index contributed by atoms with van der Waals surface area (Å²) in [4.78, 5) is 12.5. The van der Waals surface area contributed by atoms with E-state index in [1.54, 1.807) is 57.1 Å². The molecule has 3 aromatic heterocycles.